The van der Waals surface area contributed by atoms with E-state index in [-0.39, 0.29) is 6.09 Å². The number of hydrogen-bond acceptors (Lipinski definition) is 3. The molecule has 0 aromatic heterocycles. The molecule has 1 N–H and O–H groups in total. The summed E-state index contributed by atoms with van der Waals surface area (Å²) in [6, 6.07) is 8.47. The minimum absolute atomic E-state index is 0.195. The standard InChI is InChI=1S/C17H26N2O2/c1-17(2,3)21-16(20)19-11-5-6-14(12-19)13-7-9-15(18-4)10-8-13/h7-10,14,18H,5-6,11-12H2,1-4H3. The summed E-state index contributed by atoms with van der Waals surface area (Å²) in [5.41, 5.74) is 1.97. The smallest absolute Gasteiger partial charge is 0.410 e. The van der Waals surface area contributed by atoms with E-state index in [1.54, 1.807) is 0 Å². The number of hydrogen-bond donors (Lipinski definition) is 1. The highest BCUT2D eigenvalue weighted by atomic mass is 16.6. The molecular formula is C17H26N2O2. The number of piperidine rings is 1. The highest BCUT2D eigenvalue weighted by Gasteiger charge is 2.28. The number of rotatable bonds is 2. The molecule has 4 nitrogen and oxygen atoms in total. The van der Waals surface area contributed by atoms with Crippen molar-refractivity contribution in [3.63, 3.8) is 0 Å². The van der Waals surface area contributed by atoms with Crippen molar-refractivity contribution >= 4 is 11.8 Å². The lowest BCUT2D eigenvalue weighted by atomic mass is 9.91. The van der Waals surface area contributed by atoms with Crippen molar-refractivity contribution in [2.75, 3.05) is 25.5 Å². The first-order valence-electron chi connectivity index (χ1n) is 7.64. The van der Waals surface area contributed by atoms with Crippen LogP contribution in [0.1, 0.15) is 45.1 Å². The largest absolute Gasteiger partial charge is 0.444 e. The van der Waals surface area contributed by atoms with Crippen molar-refractivity contribution in [1.82, 2.24) is 4.90 Å². The van der Waals surface area contributed by atoms with Gasteiger partial charge in [-0.1, -0.05) is 12.1 Å². The Hall–Kier alpha value is -1.71. The van der Waals surface area contributed by atoms with Crippen LogP contribution >= 0.6 is 0 Å². The van der Waals surface area contributed by atoms with Gasteiger partial charge >= 0.3 is 6.09 Å². The van der Waals surface area contributed by atoms with Crippen LogP contribution in [0.2, 0.25) is 0 Å². The number of likely N-dealkylation sites (tertiary alicyclic amines) is 1. The highest BCUT2D eigenvalue weighted by Crippen LogP contribution is 2.28. The van der Waals surface area contributed by atoms with Crippen molar-refractivity contribution in [1.29, 1.82) is 0 Å². The molecule has 1 aromatic carbocycles. The van der Waals surface area contributed by atoms with Crippen LogP contribution in [-0.4, -0.2) is 36.7 Å². The van der Waals surface area contributed by atoms with Crippen LogP contribution in [0.15, 0.2) is 24.3 Å². The van der Waals surface area contributed by atoms with Gasteiger partial charge in [-0.3, -0.25) is 0 Å². The average Bonchev–Trinajstić information content (AvgIpc) is 2.46. The molecule has 1 atom stereocenters. The summed E-state index contributed by atoms with van der Waals surface area (Å²) in [7, 11) is 1.92. The van der Waals surface area contributed by atoms with Gasteiger partial charge in [-0.15, -0.1) is 0 Å². The molecule has 116 valence electrons. The Bertz CT molecular complexity index is 477. The third-order valence-corrected chi connectivity index (χ3v) is 3.74. The summed E-state index contributed by atoms with van der Waals surface area (Å²) in [5.74, 6) is 0.400. The maximum absolute atomic E-state index is 12.2. The maximum atomic E-state index is 12.2. The third kappa shape index (κ3) is 4.38. The fourth-order valence-electron chi connectivity index (χ4n) is 2.66. The predicted molar refractivity (Wildman–Crippen MR) is 85.8 cm³/mol. The predicted octanol–water partition coefficient (Wildman–Crippen LogP) is 3.84. The van der Waals surface area contributed by atoms with Crippen molar-refractivity contribution in [3.05, 3.63) is 29.8 Å². The van der Waals surface area contributed by atoms with E-state index in [9.17, 15) is 4.79 Å². The Morgan fingerprint density at radius 1 is 1.29 bits per heavy atom. The van der Waals surface area contributed by atoms with E-state index in [0.717, 1.165) is 31.6 Å². The molecule has 1 heterocycles. The summed E-state index contributed by atoms with van der Waals surface area (Å²) in [4.78, 5) is 14.0. The van der Waals surface area contributed by atoms with Gasteiger partial charge in [-0.05, 0) is 51.3 Å². The molecule has 1 unspecified atom stereocenters. The molecule has 1 saturated heterocycles. The summed E-state index contributed by atoms with van der Waals surface area (Å²) < 4.78 is 5.47. The molecule has 0 saturated carbocycles. The van der Waals surface area contributed by atoms with Gasteiger partial charge < -0.3 is 15.0 Å². The molecule has 0 radical (unpaired) electrons. The van der Waals surface area contributed by atoms with Crippen LogP contribution in [-0.2, 0) is 4.74 Å². The van der Waals surface area contributed by atoms with E-state index in [1.807, 2.05) is 32.7 Å². The maximum Gasteiger partial charge on any atom is 0.410 e. The Labute approximate surface area is 127 Å². The van der Waals surface area contributed by atoms with Gasteiger partial charge in [0.15, 0.2) is 0 Å². The molecule has 21 heavy (non-hydrogen) atoms. The van der Waals surface area contributed by atoms with Gasteiger partial charge in [0.2, 0.25) is 0 Å². The number of nitrogens with zero attached hydrogens (tertiary/aromatic N) is 1. The second kappa shape index (κ2) is 6.37. The molecule has 1 amide bonds. The van der Waals surface area contributed by atoms with Crippen LogP contribution in [0.5, 0.6) is 0 Å². The Kier molecular flexibility index (Phi) is 4.76. The number of carbonyl (C=O) groups is 1. The number of amides is 1. The Morgan fingerprint density at radius 2 is 1.95 bits per heavy atom. The van der Waals surface area contributed by atoms with Gasteiger partial charge in [0.1, 0.15) is 5.60 Å². The number of ether oxygens (including phenoxy) is 1. The quantitative estimate of drug-likeness (QED) is 0.899. The number of benzene rings is 1. The minimum atomic E-state index is -0.432. The Morgan fingerprint density at radius 3 is 2.52 bits per heavy atom. The van der Waals surface area contributed by atoms with Crippen molar-refractivity contribution in [2.45, 2.75) is 45.1 Å². The van der Waals surface area contributed by atoms with Gasteiger partial charge in [0.25, 0.3) is 0 Å². The van der Waals surface area contributed by atoms with Gasteiger partial charge in [0, 0.05) is 31.7 Å². The number of anilines is 1. The molecule has 1 fully saturated rings. The van der Waals surface area contributed by atoms with Crippen LogP contribution in [0.25, 0.3) is 0 Å². The SMILES string of the molecule is CNc1ccc(C2CCCN(C(=O)OC(C)(C)C)C2)cc1. The normalized spacial score (nSPS) is 19.2. The fraction of sp³-hybridized carbons (Fsp3) is 0.588. The molecule has 0 bridgehead atoms. The zero-order chi connectivity index (χ0) is 15.5. The summed E-state index contributed by atoms with van der Waals surface area (Å²) >= 11 is 0. The highest BCUT2D eigenvalue weighted by molar-refractivity contribution is 5.68. The van der Waals surface area contributed by atoms with Crippen LogP contribution < -0.4 is 5.32 Å². The van der Waals surface area contributed by atoms with Crippen molar-refractivity contribution in [2.24, 2.45) is 0 Å². The lowest BCUT2D eigenvalue weighted by Crippen LogP contribution is -2.42. The molecule has 1 aromatic rings. The second-order valence-corrected chi connectivity index (χ2v) is 6.64. The van der Waals surface area contributed by atoms with Gasteiger partial charge in [0.05, 0.1) is 0 Å². The first-order valence-corrected chi connectivity index (χ1v) is 7.64. The first-order chi connectivity index (χ1) is 9.89. The lowest BCUT2D eigenvalue weighted by molar-refractivity contribution is 0.0198. The number of carbonyl (C=O) groups excluding carboxylic acids is 1. The van der Waals surface area contributed by atoms with E-state index in [0.29, 0.717) is 5.92 Å². The van der Waals surface area contributed by atoms with Crippen molar-refractivity contribution < 1.29 is 9.53 Å². The molecular weight excluding hydrogens is 264 g/mol. The summed E-state index contributed by atoms with van der Waals surface area (Å²) in [6.07, 6.45) is 1.95. The molecule has 4 heteroatoms. The van der Waals surface area contributed by atoms with E-state index < -0.39 is 5.60 Å². The lowest BCUT2D eigenvalue weighted by Gasteiger charge is -2.34. The zero-order valence-electron chi connectivity index (χ0n) is 13.5. The van der Waals surface area contributed by atoms with Gasteiger partial charge in [-0.2, -0.15) is 0 Å². The van der Waals surface area contributed by atoms with E-state index in [4.69, 9.17) is 4.74 Å². The minimum Gasteiger partial charge on any atom is -0.444 e. The van der Waals surface area contributed by atoms with Gasteiger partial charge in [-0.25, -0.2) is 4.79 Å². The molecule has 0 spiro atoms. The monoisotopic (exact) mass is 290 g/mol. The van der Waals surface area contributed by atoms with E-state index in [2.05, 4.69) is 29.6 Å². The van der Waals surface area contributed by atoms with Crippen LogP contribution in [0.3, 0.4) is 0 Å². The van der Waals surface area contributed by atoms with Crippen molar-refractivity contribution in [3.8, 4) is 0 Å². The molecule has 2 rings (SSSR count). The van der Waals surface area contributed by atoms with Crippen LogP contribution in [0.4, 0.5) is 10.5 Å². The molecule has 1 aliphatic heterocycles. The second-order valence-electron chi connectivity index (χ2n) is 6.64. The number of nitrogens with one attached hydrogen (secondary N) is 1. The van der Waals surface area contributed by atoms with E-state index in [1.165, 1.54) is 5.56 Å². The molecule has 0 aliphatic carbocycles. The fourth-order valence-corrected chi connectivity index (χ4v) is 2.66. The third-order valence-electron chi connectivity index (χ3n) is 3.74. The topological polar surface area (TPSA) is 41.6 Å². The summed E-state index contributed by atoms with van der Waals surface area (Å²) in [5, 5.41) is 3.13. The van der Waals surface area contributed by atoms with E-state index >= 15 is 0 Å². The Balaban J connectivity index is 2.01. The first kappa shape index (κ1) is 15.7. The zero-order valence-corrected chi connectivity index (χ0v) is 13.5. The molecule has 1 aliphatic rings. The van der Waals surface area contributed by atoms with Crippen LogP contribution in [0, 0.1) is 0 Å². The average molecular weight is 290 g/mol. The summed E-state index contributed by atoms with van der Waals surface area (Å²) in [6.45, 7) is 7.25.